The lowest BCUT2D eigenvalue weighted by Crippen LogP contribution is -2.63. The smallest absolute Gasteiger partial charge is 0.186 e. The van der Waals surface area contributed by atoms with Gasteiger partial charge in [0.1, 0.15) is 24.4 Å². The van der Waals surface area contributed by atoms with Crippen LogP contribution in [-0.4, -0.2) is 60.9 Å². The minimum atomic E-state index is -1.10. The maximum atomic E-state index is 10.0. The second kappa shape index (κ2) is 6.27. The van der Waals surface area contributed by atoms with E-state index in [1.54, 1.807) is 0 Å². The molecule has 0 bridgehead atoms. The maximum absolute atomic E-state index is 10.0. The Morgan fingerprint density at radius 3 is 2.67 bits per heavy atom. The Bertz CT molecular complexity index is 259. The Morgan fingerprint density at radius 2 is 2.00 bits per heavy atom. The van der Waals surface area contributed by atoms with E-state index >= 15 is 0 Å². The van der Waals surface area contributed by atoms with Gasteiger partial charge >= 0.3 is 0 Å². The van der Waals surface area contributed by atoms with E-state index in [-0.39, 0.29) is 6.29 Å². The molecule has 2 aliphatic heterocycles. The highest BCUT2D eigenvalue weighted by Crippen LogP contribution is 2.29. The lowest BCUT2D eigenvalue weighted by atomic mass is 9.98. The zero-order valence-corrected chi connectivity index (χ0v) is 10.8. The fourth-order valence-corrected chi connectivity index (χ4v) is 2.34. The minimum absolute atomic E-state index is 0.323. The van der Waals surface area contributed by atoms with Crippen molar-refractivity contribution in [3.05, 3.63) is 0 Å². The Morgan fingerprint density at radius 1 is 1.22 bits per heavy atom. The molecule has 0 amide bonds. The van der Waals surface area contributed by atoms with Gasteiger partial charge in [-0.2, -0.15) is 0 Å². The van der Waals surface area contributed by atoms with Crippen molar-refractivity contribution in [3.63, 3.8) is 0 Å². The van der Waals surface area contributed by atoms with Gasteiger partial charge in [0.15, 0.2) is 12.6 Å². The van der Waals surface area contributed by atoms with Crippen LogP contribution in [0.2, 0.25) is 0 Å². The number of aliphatic hydroxyl groups is 2. The van der Waals surface area contributed by atoms with Gasteiger partial charge in [0.2, 0.25) is 0 Å². The number of ether oxygens (including phenoxy) is 4. The lowest BCUT2D eigenvalue weighted by molar-refractivity contribution is -0.356. The van der Waals surface area contributed by atoms with Crippen LogP contribution in [0.1, 0.15) is 26.2 Å². The van der Waals surface area contributed by atoms with Gasteiger partial charge in [-0.1, -0.05) is 13.3 Å². The molecule has 2 aliphatic rings. The molecule has 0 aromatic heterocycles. The van der Waals surface area contributed by atoms with Crippen molar-refractivity contribution in [2.45, 2.75) is 63.2 Å². The third-order valence-electron chi connectivity index (χ3n) is 3.42. The van der Waals surface area contributed by atoms with Crippen LogP contribution in [-0.2, 0) is 18.9 Å². The molecule has 6 heteroatoms. The van der Waals surface area contributed by atoms with Crippen LogP contribution in [0, 0.1) is 0 Å². The Hall–Kier alpha value is -0.240. The Kier molecular flexibility index (Phi) is 4.94. The van der Waals surface area contributed by atoms with Gasteiger partial charge in [0.25, 0.3) is 0 Å². The number of unbranched alkanes of at least 4 members (excludes halogenated alkanes) is 1. The first kappa shape index (κ1) is 14.2. The fraction of sp³-hybridized carbons (Fsp3) is 1.00. The molecule has 0 saturated carbocycles. The quantitative estimate of drug-likeness (QED) is 0.743. The van der Waals surface area contributed by atoms with Gasteiger partial charge in [-0.15, -0.1) is 0 Å². The van der Waals surface area contributed by atoms with Gasteiger partial charge in [-0.3, -0.25) is 0 Å². The molecule has 6 atom stereocenters. The van der Waals surface area contributed by atoms with Crippen molar-refractivity contribution < 1.29 is 29.2 Å². The molecule has 6 unspecified atom stereocenters. The number of fused-ring (bicyclic) bond motifs is 1. The first-order valence-electron chi connectivity index (χ1n) is 6.48. The third-order valence-corrected chi connectivity index (χ3v) is 3.42. The molecule has 106 valence electrons. The number of hydrogen-bond donors (Lipinski definition) is 2. The normalized spacial score (nSPS) is 44.7. The summed E-state index contributed by atoms with van der Waals surface area (Å²) in [6, 6.07) is 0. The van der Waals surface area contributed by atoms with Crippen LogP contribution < -0.4 is 0 Å². The standard InChI is InChI=1S/C12H22O6/c1-3-4-5-8-16-6-7-11(18-8)9(13)10(14)12(15-2)17-7/h7-14H,3-6H2,1-2H3. The summed E-state index contributed by atoms with van der Waals surface area (Å²) in [5.41, 5.74) is 0. The fourth-order valence-electron chi connectivity index (χ4n) is 2.34. The van der Waals surface area contributed by atoms with E-state index in [1.165, 1.54) is 7.11 Å². The molecule has 0 aromatic rings. The van der Waals surface area contributed by atoms with Gasteiger partial charge in [-0.25, -0.2) is 0 Å². The monoisotopic (exact) mass is 262 g/mol. The van der Waals surface area contributed by atoms with E-state index in [1.807, 2.05) is 0 Å². The van der Waals surface area contributed by atoms with E-state index in [9.17, 15) is 10.2 Å². The van der Waals surface area contributed by atoms with Crippen LogP contribution in [0.15, 0.2) is 0 Å². The topological polar surface area (TPSA) is 77.4 Å². The van der Waals surface area contributed by atoms with Crippen LogP contribution in [0.5, 0.6) is 0 Å². The van der Waals surface area contributed by atoms with Crippen LogP contribution >= 0.6 is 0 Å². The Labute approximate surface area is 107 Å². The summed E-state index contributed by atoms with van der Waals surface area (Å²) in [6.07, 6.45) is -1.36. The Balaban J connectivity index is 1.94. The summed E-state index contributed by atoms with van der Waals surface area (Å²) in [4.78, 5) is 0. The average Bonchev–Trinajstić information content (AvgIpc) is 2.40. The van der Waals surface area contributed by atoms with Crippen LogP contribution in [0.3, 0.4) is 0 Å². The molecule has 0 radical (unpaired) electrons. The predicted molar refractivity (Wildman–Crippen MR) is 61.8 cm³/mol. The summed E-state index contributed by atoms with van der Waals surface area (Å²) >= 11 is 0. The molecule has 0 aliphatic carbocycles. The van der Waals surface area contributed by atoms with E-state index in [4.69, 9.17) is 18.9 Å². The van der Waals surface area contributed by atoms with Gasteiger partial charge in [-0.05, 0) is 12.8 Å². The summed E-state index contributed by atoms with van der Waals surface area (Å²) in [6.45, 7) is 2.44. The van der Waals surface area contributed by atoms with E-state index in [0.29, 0.717) is 6.61 Å². The molecule has 2 N–H and O–H groups in total. The largest absolute Gasteiger partial charge is 0.387 e. The molecular weight excluding hydrogens is 240 g/mol. The highest BCUT2D eigenvalue weighted by atomic mass is 16.7. The van der Waals surface area contributed by atoms with Gasteiger partial charge in [0, 0.05) is 7.11 Å². The van der Waals surface area contributed by atoms with Gasteiger partial charge < -0.3 is 29.2 Å². The van der Waals surface area contributed by atoms with Crippen molar-refractivity contribution >= 4 is 0 Å². The first-order chi connectivity index (χ1) is 8.67. The summed E-state index contributed by atoms with van der Waals surface area (Å²) in [5, 5.41) is 19.8. The van der Waals surface area contributed by atoms with E-state index in [0.717, 1.165) is 19.3 Å². The van der Waals surface area contributed by atoms with Crippen molar-refractivity contribution in [1.29, 1.82) is 0 Å². The van der Waals surface area contributed by atoms with Crippen molar-refractivity contribution in [1.82, 2.24) is 0 Å². The van der Waals surface area contributed by atoms with Crippen molar-refractivity contribution in [3.8, 4) is 0 Å². The zero-order chi connectivity index (χ0) is 13.1. The van der Waals surface area contributed by atoms with E-state index in [2.05, 4.69) is 6.92 Å². The molecule has 0 spiro atoms. The summed E-state index contributed by atoms with van der Waals surface area (Å²) in [5.74, 6) is 0. The third kappa shape index (κ3) is 2.84. The molecule has 0 aromatic carbocycles. The van der Waals surface area contributed by atoms with E-state index < -0.39 is 30.7 Å². The SMILES string of the molecule is CCCCC1OCC2OC(OC)C(O)C(O)C2O1. The lowest BCUT2D eigenvalue weighted by Gasteiger charge is -2.45. The number of hydrogen-bond acceptors (Lipinski definition) is 6. The second-order valence-electron chi connectivity index (χ2n) is 4.77. The van der Waals surface area contributed by atoms with Gasteiger partial charge in [0.05, 0.1) is 6.61 Å². The molecule has 18 heavy (non-hydrogen) atoms. The first-order valence-corrected chi connectivity index (χ1v) is 6.48. The molecule has 2 heterocycles. The number of rotatable bonds is 4. The molecular formula is C12H22O6. The second-order valence-corrected chi connectivity index (χ2v) is 4.77. The average molecular weight is 262 g/mol. The zero-order valence-electron chi connectivity index (χ0n) is 10.8. The maximum Gasteiger partial charge on any atom is 0.186 e. The minimum Gasteiger partial charge on any atom is -0.387 e. The number of aliphatic hydroxyl groups excluding tert-OH is 2. The molecule has 6 nitrogen and oxygen atoms in total. The number of methoxy groups -OCH3 is 1. The molecule has 2 rings (SSSR count). The van der Waals surface area contributed by atoms with Crippen molar-refractivity contribution in [2.75, 3.05) is 13.7 Å². The van der Waals surface area contributed by atoms with Crippen molar-refractivity contribution in [2.24, 2.45) is 0 Å². The molecule has 2 fully saturated rings. The molecule has 2 saturated heterocycles. The summed E-state index contributed by atoms with van der Waals surface area (Å²) in [7, 11) is 1.43. The van der Waals surface area contributed by atoms with Crippen LogP contribution in [0.25, 0.3) is 0 Å². The van der Waals surface area contributed by atoms with Crippen LogP contribution in [0.4, 0.5) is 0 Å². The summed E-state index contributed by atoms with van der Waals surface area (Å²) < 4.78 is 21.6. The highest BCUT2D eigenvalue weighted by molar-refractivity contribution is 4.92. The highest BCUT2D eigenvalue weighted by Gasteiger charge is 2.48. The predicted octanol–water partition coefficient (Wildman–Crippen LogP) is 0.0112.